The van der Waals surface area contributed by atoms with E-state index in [1.54, 1.807) is 0 Å². The molecule has 0 bridgehead atoms. The third-order valence-electron chi connectivity index (χ3n) is 2.07. The lowest BCUT2D eigenvalue weighted by Crippen LogP contribution is -2.89. The van der Waals surface area contributed by atoms with E-state index < -0.39 is 0 Å². The Morgan fingerprint density at radius 2 is 2.00 bits per heavy atom. The third kappa shape index (κ3) is 3.25. The molecule has 0 spiro atoms. The van der Waals surface area contributed by atoms with Gasteiger partial charge in [-0.2, -0.15) is 0 Å². The van der Waals surface area contributed by atoms with Crippen molar-refractivity contribution in [1.82, 2.24) is 0 Å². The van der Waals surface area contributed by atoms with E-state index in [0.29, 0.717) is 18.2 Å². The summed E-state index contributed by atoms with van der Waals surface area (Å²) in [5.41, 5.74) is 0.419. The van der Waals surface area contributed by atoms with Crippen molar-refractivity contribution in [3.63, 3.8) is 0 Å². The molecule has 0 aliphatic carbocycles. The van der Waals surface area contributed by atoms with Gasteiger partial charge in [-0.05, 0) is 32.0 Å². The van der Waals surface area contributed by atoms with Crippen LogP contribution in [-0.4, -0.2) is 28.6 Å². The third-order valence-corrected chi connectivity index (χ3v) is 2.07. The molecule has 0 aromatic heterocycles. The van der Waals surface area contributed by atoms with Gasteiger partial charge >= 0.3 is 0 Å². The summed E-state index contributed by atoms with van der Waals surface area (Å²) in [5, 5.41) is 20.2. The molecule has 15 heavy (non-hydrogen) atoms. The van der Waals surface area contributed by atoms with Gasteiger partial charge in [0.15, 0.2) is 11.5 Å². The van der Waals surface area contributed by atoms with Crippen LogP contribution in [0.1, 0.15) is 24.2 Å². The maximum Gasteiger partial charge on any atom is 0.216 e. The maximum absolute atomic E-state index is 11.6. The summed E-state index contributed by atoms with van der Waals surface area (Å²) in [6.45, 7) is 4.35. The predicted molar refractivity (Wildman–Crippen MR) is 56.0 cm³/mol. The highest BCUT2D eigenvalue weighted by Gasteiger charge is 2.11. The van der Waals surface area contributed by atoms with Crippen molar-refractivity contribution >= 4 is 5.78 Å². The zero-order chi connectivity index (χ0) is 11.4. The Labute approximate surface area is 88.6 Å². The van der Waals surface area contributed by atoms with Crippen molar-refractivity contribution in [3.8, 4) is 11.5 Å². The number of carbonyl (C=O) groups excluding carboxylic acids is 1. The largest absolute Gasteiger partial charge is 0.504 e. The fourth-order valence-corrected chi connectivity index (χ4v) is 1.16. The van der Waals surface area contributed by atoms with Gasteiger partial charge in [-0.15, -0.1) is 0 Å². The fraction of sp³-hybridized carbons (Fsp3) is 0.364. The highest BCUT2D eigenvalue weighted by Crippen LogP contribution is 2.24. The molecule has 0 saturated carbocycles. The summed E-state index contributed by atoms with van der Waals surface area (Å²) in [5.74, 6) is -0.524. The van der Waals surface area contributed by atoms with Gasteiger partial charge in [0.05, 0.1) is 6.04 Å². The Hall–Kier alpha value is -1.55. The zero-order valence-electron chi connectivity index (χ0n) is 8.90. The first-order valence-electron chi connectivity index (χ1n) is 4.89. The first-order valence-corrected chi connectivity index (χ1v) is 4.89. The van der Waals surface area contributed by atoms with E-state index in [2.05, 4.69) is 0 Å². The number of rotatable bonds is 4. The predicted octanol–water partition coefficient (Wildman–Crippen LogP) is 0.252. The monoisotopic (exact) mass is 210 g/mol. The van der Waals surface area contributed by atoms with E-state index >= 15 is 0 Å². The first-order chi connectivity index (χ1) is 7.00. The van der Waals surface area contributed by atoms with Crippen LogP contribution in [0.25, 0.3) is 0 Å². The number of nitrogens with two attached hydrogens (primary N) is 1. The van der Waals surface area contributed by atoms with Crippen LogP contribution in [0.3, 0.4) is 0 Å². The number of hydrogen-bond donors (Lipinski definition) is 3. The molecule has 4 N–H and O–H groups in total. The first kappa shape index (κ1) is 11.5. The Morgan fingerprint density at radius 1 is 1.33 bits per heavy atom. The lowest BCUT2D eigenvalue weighted by Gasteiger charge is -2.05. The molecule has 82 valence electrons. The molecular weight excluding hydrogens is 194 g/mol. The molecule has 0 aliphatic heterocycles. The van der Waals surface area contributed by atoms with Crippen molar-refractivity contribution in [2.75, 3.05) is 6.54 Å². The number of Topliss-reactive ketones (excluding diaryl/α,β-unsaturated/α-hetero) is 1. The number of phenolic OH excluding ortho intramolecular Hbond substituents is 2. The van der Waals surface area contributed by atoms with E-state index in [1.165, 1.54) is 18.2 Å². The highest BCUT2D eigenvalue weighted by molar-refractivity contribution is 5.97. The molecule has 0 aliphatic rings. The van der Waals surface area contributed by atoms with Crippen molar-refractivity contribution in [1.29, 1.82) is 0 Å². The Kier molecular flexibility index (Phi) is 3.68. The lowest BCUT2D eigenvalue weighted by atomic mass is 10.1. The van der Waals surface area contributed by atoms with E-state index in [9.17, 15) is 9.90 Å². The molecule has 1 aromatic rings. The van der Waals surface area contributed by atoms with Crippen molar-refractivity contribution < 1.29 is 20.3 Å². The van der Waals surface area contributed by atoms with Crippen LogP contribution < -0.4 is 5.32 Å². The van der Waals surface area contributed by atoms with E-state index in [-0.39, 0.29) is 17.3 Å². The molecule has 4 heteroatoms. The van der Waals surface area contributed by atoms with Gasteiger partial charge in [-0.3, -0.25) is 4.79 Å². The van der Waals surface area contributed by atoms with Gasteiger partial charge in [0, 0.05) is 5.56 Å². The van der Waals surface area contributed by atoms with Gasteiger partial charge in [0.1, 0.15) is 6.54 Å². The molecule has 0 atom stereocenters. The quantitative estimate of drug-likeness (QED) is 0.492. The summed E-state index contributed by atoms with van der Waals surface area (Å²) in [6.07, 6.45) is 0. The van der Waals surface area contributed by atoms with Crippen LogP contribution in [0.15, 0.2) is 18.2 Å². The highest BCUT2D eigenvalue weighted by atomic mass is 16.3. The second-order valence-electron chi connectivity index (χ2n) is 3.81. The molecule has 0 radical (unpaired) electrons. The number of carbonyl (C=O) groups is 1. The van der Waals surface area contributed by atoms with Crippen LogP contribution >= 0.6 is 0 Å². The van der Waals surface area contributed by atoms with Crippen LogP contribution in [0.5, 0.6) is 11.5 Å². The second kappa shape index (κ2) is 4.79. The van der Waals surface area contributed by atoms with Gasteiger partial charge in [-0.1, -0.05) is 0 Å². The standard InChI is InChI=1S/C11H15NO3/c1-7(2)12-6-11(15)8-3-4-9(13)10(14)5-8/h3-5,7,12-14H,6H2,1-2H3/p+1. The summed E-state index contributed by atoms with van der Waals surface area (Å²) in [4.78, 5) is 11.6. The minimum Gasteiger partial charge on any atom is -0.504 e. The van der Waals surface area contributed by atoms with Crippen LogP contribution in [-0.2, 0) is 0 Å². The van der Waals surface area contributed by atoms with Crippen LogP contribution in [0.2, 0.25) is 0 Å². The average Bonchev–Trinajstić information content (AvgIpc) is 2.18. The molecule has 4 nitrogen and oxygen atoms in total. The lowest BCUT2D eigenvalue weighted by molar-refractivity contribution is -0.671. The maximum atomic E-state index is 11.6. The molecule has 1 rings (SSSR count). The van der Waals surface area contributed by atoms with Gasteiger partial charge in [0.25, 0.3) is 0 Å². The Morgan fingerprint density at radius 3 is 2.53 bits per heavy atom. The number of benzene rings is 1. The van der Waals surface area contributed by atoms with Gasteiger partial charge in [-0.25, -0.2) is 0 Å². The van der Waals surface area contributed by atoms with Crippen molar-refractivity contribution in [3.05, 3.63) is 23.8 Å². The van der Waals surface area contributed by atoms with E-state index in [4.69, 9.17) is 5.11 Å². The van der Waals surface area contributed by atoms with Crippen LogP contribution in [0, 0.1) is 0 Å². The van der Waals surface area contributed by atoms with E-state index in [1.807, 2.05) is 19.2 Å². The molecule has 0 amide bonds. The number of hydrogen-bond acceptors (Lipinski definition) is 3. The van der Waals surface area contributed by atoms with Crippen molar-refractivity contribution in [2.24, 2.45) is 0 Å². The zero-order valence-corrected chi connectivity index (χ0v) is 8.90. The van der Waals surface area contributed by atoms with Crippen LogP contribution in [0.4, 0.5) is 0 Å². The fourth-order valence-electron chi connectivity index (χ4n) is 1.16. The van der Waals surface area contributed by atoms with Crippen molar-refractivity contribution in [2.45, 2.75) is 19.9 Å². The number of aromatic hydroxyl groups is 2. The minimum atomic E-state index is -0.259. The Balaban J connectivity index is 2.70. The normalized spacial score (nSPS) is 10.6. The summed E-state index contributed by atoms with van der Waals surface area (Å²) >= 11 is 0. The number of quaternary nitrogens is 1. The summed E-state index contributed by atoms with van der Waals surface area (Å²) in [7, 11) is 0. The molecule has 0 unspecified atom stereocenters. The second-order valence-corrected chi connectivity index (χ2v) is 3.81. The molecule has 1 aromatic carbocycles. The topological polar surface area (TPSA) is 74.1 Å². The summed E-state index contributed by atoms with van der Waals surface area (Å²) < 4.78 is 0. The minimum absolute atomic E-state index is 0.0565. The van der Waals surface area contributed by atoms with Gasteiger partial charge < -0.3 is 15.5 Å². The van der Waals surface area contributed by atoms with E-state index in [0.717, 1.165) is 0 Å². The molecule has 0 heterocycles. The smallest absolute Gasteiger partial charge is 0.216 e. The van der Waals surface area contributed by atoms with Gasteiger partial charge in [0.2, 0.25) is 5.78 Å². The Bertz CT molecular complexity index is 361. The number of phenols is 2. The molecule has 0 fully saturated rings. The average molecular weight is 210 g/mol. The molecular formula is C11H16NO3+. The SMILES string of the molecule is CC(C)[NH2+]CC(=O)c1ccc(O)c(O)c1. The number of ketones is 1. The summed E-state index contributed by atoms with van der Waals surface area (Å²) in [6, 6.07) is 4.47. The molecule has 0 saturated heterocycles.